The van der Waals surface area contributed by atoms with E-state index in [1.807, 2.05) is 19.1 Å². The van der Waals surface area contributed by atoms with Gasteiger partial charge in [-0.2, -0.15) is 0 Å². The lowest BCUT2D eigenvalue weighted by Gasteiger charge is -2.18. The first-order valence-electron chi connectivity index (χ1n) is 9.78. The van der Waals surface area contributed by atoms with E-state index in [1.54, 1.807) is 42.5 Å². The summed E-state index contributed by atoms with van der Waals surface area (Å²) in [7, 11) is 0. The van der Waals surface area contributed by atoms with Crippen LogP contribution in [-0.4, -0.2) is 42.9 Å². The van der Waals surface area contributed by atoms with Gasteiger partial charge in [0, 0.05) is 23.7 Å². The lowest BCUT2D eigenvalue weighted by atomic mass is 10.1. The highest BCUT2D eigenvalue weighted by atomic mass is 35.5. The quantitative estimate of drug-likeness (QED) is 0.613. The number of nitrogens with one attached hydrogen (secondary N) is 2. The molecule has 2 amide bonds. The van der Waals surface area contributed by atoms with E-state index < -0.39 is 0 Å². The van der Waals surface area contributed by atoms with Crippen molar-refractivity contribution in [1.82, 2.24) is 15.5 Å². The molecule has 2 rings (SSSR count). The predicted octanol–water partition coefficient (Wildman–Crippen LogP) is 3.88. The summed E-state index contributed by atoms with van der Waals surface area (Å²) < 4.78 is 0. The molecule has 0 aliphatic rings. The third-order valence-corrected chi connectivity index (χ3v) is 4.85. The van der Waals surface area contributed by atoms with Crippen LogP contribution in [0.3, 0.4) is 0 Å². The van der Waals surface area contributed by atoms with Gasteiger partial charge >= 0.3 is 0 Å². The number of likely N-dealkylation sites (N-methyl/N-ethyl adjacent to an activating group) is 1. The summed E-state index contributed by atoms with van der Waals surface area (Å²) in [6.45, 7) is 9.21. The van der Waals surface area contributed by atoms with Crippen LogP contribution in [0.1, 0.15) is 35.3 Å². The molecule has 0 atom stereocenters. The molecule has 2 N–H and O–H groups in total. The summed E-state index contributed by atoms with van der Waals surface area (Å²) in [5.41, 5.74) is 2.52. The van der Waals surface area contributed by atoms with Crippen LogP contribution < -0.4 is 10.6 Å². The van der Waals surface area contributed by atoms with E-state index in [9.17, 15) is 9.59 Å². The third-order valence-electron chi connectivity index (χ3n) is 4.60. The summed E-state index contributed by atoms with van der Waals surface area (Å²) in [4.78, 5) is 27.6. The Hall–Kier alpha value is -2.63. The van der Waals surface area contributed by atoms with E-state index in [0.29, 0.717) is 17.1 Å². The summed E-state index contributed by atoms with van der Waals surface area (Å²) >= 11 is 5.94. The van der Waals surface area contributed by atoms with Crippen LogP contribution >= 0.6 is 11.6 Å². The van der Waals surface area contributed by atoms with E-state index in [0.717, 1.165) is 30.8 Å². The Labute approximate surface area is 177 Å². The smallest absolute Gasteiger partial charge is 0.267 e. The number of benzene rings is 2. The molecule has 0 saturated heterocycles. The van der Waals surface area contributed by atoms with Crippen molar-refractivity contribution >= 4 is 29.5 Å². The van der Waals surface area contributed by atoms with Crippen LogP contribution in [-0.2, 0) is 4.79 Å². The van der Waals surface area contributed by atoms with Gasteiger partial charge in [-0.05, 0) is 55.9 Å². The van der Waals surface area contributed by atoms with E-state index in [2.05, 4.69) is 29.4 Å². The molecule has 5 nitrogen and oxygen atoms in total. The standard InChI is InChI=1S/C23H28ClN3O2/c1-4-27(5-2)15-14-25-23(29)21(16-18-8-12-20(24)13-9-18)26-22(28)19-10-6-17(3)7-11-19/h6-13,16H,4-5,14-15H2,1-3H3,(H,25,29)(H,26,28)/b21-16-. The lowest BCUT2D eigenvalue weighted by molar-refractivity contribution is -0.117. The highest BCUT2D eigenvalue weighted by Gasteiger charge is 2.15. The Morgan fingerprint density at radius 1 is 1.00 bits per heavy atom. The highest BCUT2D eigenvalue weighted by Crippen LogP contribution is 2.13. The number of hydrogen-bond donors (Lipinski definition) is 2. The first kappa shape index (κ1) is 22.7. The molecule has 0 aliphatic heterocycles. The molecule has 0 fully saturated rings. The minimum Gasteiger partial charge on any atom is -0.349 e. The summed E-state index contributed by atoms with van der Waals surface area (Å²) in [5.74, 6) is -0.656. The highest BCUT2D eigenvalue weighted by molar-refractivity contribution is 6.30. The molecular formula is C23H28ClN3O2. The van der Waals surface area contributed by atoms with Gasteiger partial charge in [-0.1, -0.05) is 55.3 Å². The summed E-state index contributed by atoms with van der Waals surface area (Å²) in [5, 5.41) is 6.24. The van der Waals surface area contributed by atoms with E-state index in [-0.39, 0.29) is 17.5 Å². The molecule has 0 bridgehead atoms. The minimum atomic E-state index is -0.330. The van der Waals surface area contributed by atoms with Gasteiger partial charge in [0.1, 0.15) is 5.70 Å². The van der Waals surface area contributed by atoms with E-state index in [1.165, 1.54) is 0 Å². The Morgan fingerprint density at radius 3 is 2.21 bits per heavy atom. The molecule has 29 heavy (non-hydrogen) atoms. The average Bonchev–Trinajstić information content (AvgIpc) is 2.72. The number of halogens is 1. The molecule has 154 valence electrons. The van der Waals surface area contributed by atoms with Gasteiger partial charge in [0.15, 0.2) is 0 Å². The van der Waals surface area contributed by atoms with Crippen molar-refractivity contribution in [3.05, 3.63) is 75.9 Å². The van der Waals surface area contributed by atoms with Crippen LogP contribution in [0.25, 0.3) is 6.08 Å². The van der Waals surface area contributed by atoms with Crippen LogP contribution in [0.2, 0.25) is 5.02 Å². The number of nitrogens with zero attached hydrogens (tertiary/aromatic N) is 1. The SMILES string of the molecule is CCN(CC)CCNC(=O)/C(=C/c1ccc(Cl)cc1)NC(=O)c1ccc(C)cc1. The van der Waals surface area contributed by atoms with Crippen LogP contribution in [0, 0.1) is 6.92 Å². The van der Waals surface area contributed by atoms with Crippen molar-refractivity contribution in [1.29, 1.82) is 0 Å². The molecule has 0 radical (unpaired) electrons. The Kier molecular flexibility index (Phi) is 8.90. The largest absolute Gasteiger partial charge is 0.349 e. The molecule has 2 aromatic rings. The molecule has 0 saturated carbocycles. The van der Waals surface area contributed by atoms with Crippen LogP contribution in [0.4, 0.5) is 0 Å². The maximum atomic E-state index is 12.8. The molecule has 6 heteroatoms. The first-order valence-corrected chi connectivity index (χ1v) is 10.2. The van der Waals surface area contributed by atoms with Crippen molar-refractivity contribution in [2.24, 2.45) is 0 Å². The molecule has 0 heterocycles. The number of carbonyl (C=O) groups is 2. The lowest BCUT2D eigenvalue weighted by Crippen LogP contribution is -2.39. The van der Waals surface area contributed by atoms with Gasteiger partial charge in [0.2, 0.25) is 0 Å². The Balaban J connectivity index is 2.16. The first-order chi connectivity index (χ1) is 13.9. The second kappa shape index (κ2) is 11.4. The average molecular weight is 414 g/mol. The Morgan fingerprint density at radius 2 is 1.62 bits per heavy atom. The number of amides is 2. The minimum absolute atomic E-state index is 0.192. The monoisotopic (exact) mass is 413 g/mol. The number of carbonyl (C=O) groups excluding carboxylic acids is 2. The fourth-order valence-corrected chi connectivity index (χ4v) is 2.87. The second-order valence-electron chi connectivity index (χ2n) is 6.71. The van der Waals surface area contributed by atoms with Gasteiger partial charge < -0.3 is 15.5 Å². The van der Waals surface area contributed by atoms with Crippen molar-refractivity contribution < 1.29 is 9.59 Å². The number of hydrogen-bond acceptors (Lipinski definition) is 3. The predicted molar refractivity (Wildman–Crippen MR) is 119 cm³/mol. The van der Waals surface area contributed by atoms with Gasteiger partial charge in [-0.3, -0.25) is 9.59 Å². The molecule has 0 aliphatic carbocycles. The second-order valence-corrected chi connectivity index (χ2v) is 7.15. The van der Waals surface area contributed by atoms with Gasteiger partial charge in [-0.15, -0.1) is 0 Å². The Bertz CT molecular complexity index is 841. The van der Waals surface area contributed by atoms with Crippen molar-refractivity contribution in [3.8, 4) is 0 Å². The van der Waals surface area contributed by atoms with Gasteiger partial charge in [0.25, 0.3) is 11.8 Å². The summed E-state index contributed by atoms with van der Waals surface area (Å²) in [6, 6.07) is 14.3. The van der Waals surface area contributed by atoms with Gasteiger partial charge in [0.05, 0.1) is 0 Å². The zero-order valence-electron chi connectivity index (χ0n) is 17.2. The fourth-order valence-electron chi connectivity index (χ4n) is 2.75. The number of rotatable bonds is 9. The third kappa shape index (κ3) is 7.37. The van der Waals surface area contributed by atoms with Crippen LogP contribution in [0.5, 0.6) is 0 Å². The maximum Gasteiger partial charge on any atom is 0.267 e. The van der Waals surface area contributed by atoms with Crippen molar-refractivity contribution in [2.45, 2.75) is 20.8 Å². The molecule has 0 spiro atoms. The molecule has 0 aromatic heterocycles. The maximum absolute atomic E-state index is 12.8. The van der Waals surface area contributed by atoms with Gasteiger partial charge in [-0.25, -0.2) is 0 Å². The zero-order valence-corrected chi connectivity index (χ0v) is 17.9. The molecule has 2 aromatic carbocycles. The van der Waals surface area contributed by atoms with Crippen LogP contribution in [0.15, 0.2) is 54.2 Å². The number of aryl methyl sites for hydroxylation is 1. The zero-order chi connectivity index (χ0) is 21.2. The fraction of sp³-hybridized carbons (Fsp3) is 0.304. The normalized spacial score (nSPS) is 11.4. The molecule has 0 unspecified atom stereocenters. The summed E-state index contributed by atoms with van der Waals surface area (Å²) in [6.07, 6.45) is 1.65. The van der Waals surface area contributed by atoms with E-state index >= 15 is 0 Å². The van der Waals surface area contributed by atoms with Crippen molar-refractivity contribution in [2.75, 3.05) is 26.2 Å². The van der Waals surface area contributed by atoms with Crippen molar-refractivity contribution in [3.63, 3.8) is 0 Å². The topological polar surface area (TPSA) is 61.4 Å². The van der Waals surface area contributed by atoms with E-state index in [4.69, 9.17) is 11.6 Å². The molecular weight excluding hydrogens is 386 g/mol.